The summed E-state index contributed by atoms with van der Waals surface area (Å²) >= 11 is 0. The summed E-state index contributed by atoms with van der Waals surface area (Å²) in [5.41, 5.74) is 0. The lowest BCUT2D eigenvalue weighted by molar-refractivity contribution is -0.122. The normalized spacial score (nSPS) is 17.8. The second-order valence-electron chi connectivity index (χ2n) is 2.68. The van der Waals surface area contributed by atoms with Gasteiger partial charge in [-0.15, -0.1) is 0 Å². The minimum absolute atomic E-state index is 0.159. The molecule has 0 radical (unpaired) electrons. The first kappa shape index (κ1) is 10.1. The van der Waals surface area contributed by atoms with E-state index in [1.165, 1.54) is 0 Å². The molecule has 1 fully saturated rings. The van der Waals surface area contributed by atoms with E-state index < -0.39 is 18.8 Å². The van der Waals surface area contributed by atoms with Crippen molar-refractivity contribution in [3.8, 4) is 0 Å². The molecule has 0 aromatic rings. The molecule has 1 aliphatic heterocycles. The Bertz CT molecular complexity index is 191. The molecule has 2 amide bonds. The third-order valence-electron chi connectivity index (χ3n) is 1.42. The molecular weight excluding hydrogens is 189 g/mol. The van der Waals surface area contributed by atoms with Crippen LogP contribution in [0.15, 0.2) is 0 Å². The number of ether oxygens (including phenoxy) is 1. The largest absolute Gasteiger partial charge is 0.405 e. The number of alkyl halides is 3. The van der Waals surface area contributed by atoms with Gasteiger partial charge >= 0.3 is 12.2 Å². The molecule has 7 heteroatoms. The van der Waals surface area contributed by atoms with Crippen LogP contribution in [-0.2, 0) is 4.74 Å². The molecule has 0 aromatic carbocycles. The number of hydrogen-bond acceptors (Lipinski definition) is 2. The van der Waals surface area contributed by atoms with Crippen LogP contribution in [0.2, 0.25) is 0 Å². The van der Waals surface area contributed by atoms with Gasteiger partial charge in [0.15, 0.2) is 0 Å². The molecule has 0 atom stereocenters. The van der Waals surface area contributed by atoms with Crippen molar-refractivity contribution in [2.75, 3.05) is 19.8 Å². The minimum atomic E-state index is -4.37. The van der Waals surface area contributed by atoms with Gasteiger partial charge in [-0.05, 0) is 0 Å². The molecule has 1 aliphatic rings. The molecule has 76 valence electrons. The molecule has 1 saturated heterocycles. The van der Waals surface area contributed by atoms with Crippen LogP contribution in [0.5, 0.6) is 0 Å². The molecule has 2 N–H and O–H groups in total. The van der Waals surface area contributed by atoms with Crippen molar-refractivity contribution in [3.05, 3.63) is 0 Å². The summed E-state index contributed by atoms with van der Waals surface area (Å²) in [7, 11) is 0. The van der Waals surface area contributed by atoms with Gasteiger partial charge < -0.3 is 15.4 Å². The number of amides is 2. The summed E-state index contributed by atoms with van der Waals surface area (Å²) < 4.78 is 39.5. The first-order valence-corrected chi connectivity index (χ1v) is 3.66. The minimum Gasteiger partial charge on any atom is -0.377 e. The Morgan fingerprint density at radius 2 is 2.08 bits per heavy atom. The zero-order chi connectivity index (χ0) is 9.90. The highest BCUT2D eigenvalue weighted by Gasteiger charge is 2.28. The molecule has 0 spiro atoms. The van der Waals surface area contributed by atoms with Crippen LogP contribution in [0.3, 0.4) is 0 Å². The van der Waals surface area contributed by atoms with Crippen molar-refractivity contribution in [2.45, 2.75) is 12.2 Å². The first-order chi connectivity index (χ1) is 5.97. The number of nitrogens with one attached hydrogen (secondary N) is 2. The second kappa shape index (κ2) is 3.82. The summed E-state index contributed by atoms with van der Waals surface area (Å²) in [5.74, 6) is 0. The van der Waals surface area contributed by atoms with Gasteiger partial charge in [-0.2, -0.15) is 13.2 Å². The van der Waals surface area contributed by atoms with E-state index >= 15 is 0 Å². The van der Waals surface area contributed by atoms with Crippen molar-refractivity contribution >= 4 is 6.03 Å². The van der Waals surface area contributed by atoms with E-state index in [-0.39, 0.29) is 6.04 Å². The SMILES string of the molecule is O=C(NCC(F)(F)F)NC1COC1. The maximum Gasteiger partial charge on any atom is 0.405 e. The third kappa shape index (κ3) is 3.97. The molecule has 0 unspecified atom stereocenters. The lowest BCUT2D eigenvalue weighted by Gasteiger charge is -2.26. The molecule has 0 saturated carbocycles. The van der Waals surface area contributed by atoms with E-state index in [0.29, 0.717) is 13.2 Å². The summed E-state index contributed by atoms with van der Waals surface area (Å²) in [6.07, 6.45) is -4.37. The molecule has 4 nitrogen and oxygen atoms in total. The van der Waals surface area contributed by atoms with Crippen LogP contribution >= 0.6 is 0 Å². The number of urea groups is 1. The summed E-state index contributed by atoms with van der Waals surface area (Å²) in [5, 5.41) is 4.00. The third-order valence-corrected chi connectivity index (χ3v) is 1.42. The van der Waals surface area contributed by atoms with Crippen LogP contribution in [0.1, 0.15) is 0 Å². The molecule has 1 rings (SSSR count). The topological polar surface area (TPSA) is 50.4 Å². The average Bonchev–Trinajstić information content (AvgIpc) is 1.91. The second-order valence-corrected chi connectivity index (χ2v) is 2.68. The highest BCUT2D eigenvalue weighted by atomic mass is 19.4. The smallest absolute Gasteiger partial charge is 0.377 e. The Hall–Kier alpha value is -0.980. The van der Waals surface area contributed by atoms with E-state index in [4.69, 9.17) is 4.74 Å². The highest BCUT2D eigenvalue weighted by Crippen LogP contribution is 2.12. The fourth-order valence-corrected chi connectivity index (χ4v) is 0.736. The van der Waals surface area contributed by atoms with Gasteiger partial charge in [-0.3, -0.25) is 0 Å². The van der Waals surface area contributed by atoms with Gasteiger partial charge in [0.25, 0.3) is 0 Å². The van der Waals surface area contributed by atoms with Crippen molar-refractivity contribution in [2.24, 2.45) is 0 Å². The van der Waals surface area contributed by atoms with E-state index in [2.05, 4.69) is 5.32 Å². The quantitative estimate of drug-likeness (QED) is 0.668. The standard InChI is InChI=1S/C6H9F3N2O2/c7-6(8,9)3-10-5(12)11-4-1-13-2-4/h4H,1-3H2,(H2,10,11,12). The molecule has 0 bridgehead atoms. The van der Waals surface area contributed by atoms with Crippen LogP contribution < -0.4 is 10.6 Å². The van der Waals surface area contributed by atoms with Crippen LogP contribution in [0.25, 0.3) is 0 Å². The van der Waals surface area contributed by atoms with Gasteiger partial charge in [-0.25, -0.2) is 4.79 Å². The average molecular weight is 198 g/mol. The number of carbonyl (C=O) groups is 1. The Kier molecular flexibility index (Phi) is 2.97. The summed E-state index contributed by atoms with van der Waals surface area (Å²) in [4.78, 5) is 10.7. The fraction of sp³-hybridized carbons (Fsp3) is 0.833. The molecule has 0 aromatic heterocycles. The lowest BCUT2D eigenvalue weighted by atomic mass is 10.3. The molecule has 1 heterocycles. The van der Waals surface area contributed by atoms with Crippen molar-refractivity contribution < 1.29 is 22.7 Å². The zero-order valence-electron chi connectivity index (χ0n) is 6.65. The number of carbonyl (C=O) groups excluding carboxylic acids is 1. The summed E-state index contributed by atoms with van der Waals surface area (Å²) in [6, 6.07) is -0.973. The maximum absolute atomic E-state index is 11.6. The van der Waals surface area contributed by atoms with Crippen molar-refractivity contribution in [1.29, 1.82) is 0 Å². The van der Waals surface area contributed by atoms with Crippen LogP contribution in [0, 0.1) is 0 Å². The molecule has 13 heavy (non-hydrogen) atoms. The van der Waals surface area contributed by atoms with Crippen molar-refractivity contribution in [1.82, 2.24) is 10.6 Å². The summed E-state index contributed by atoms with van der Waals surface area (Å²) in [6.45, 7) is -0.592. The van der Waals surface area contributed by atoms with E-state index in [9.17, 15) is 18.0 Å². The molecule has 0 aliphatic carbocycles. The Morgan fingerprint density at radius 1 is 1.46 bits per heavy atom. The monoisotopic (exact) mass is 198 g/mol. The van der Waals surface area contributed by atoms with Gasteiger partial charge in [-0.1, -0.05) is 0 Å². The van der Waals surface area contributed by atoms with Crippen LogP contribution in [-0.4, -0.2) is 38.0 Å². The van der Waals surface area contributed by atoms with Crippen molar-refractivity contribution in [3.63, 3.8) is 0 Å². The Morgan fingerprint density at radius 3 is 2.46 bits per heavy atom. The van der Waals surface area contributed by atoms with Gasteiger partial charge in [0.1, 0.15) is 6.54 Å². The number of hydrogen-bond donors (Lipinski definition) is 2. The maximum atomic E-state index is 11.6. The first-order valence-electron chi connectivity index (χ1n) is 3.66. The number of rotatable bonds is 2. The van der Waals surface area contributed by atoms with Gasteiger partial charge in [0.2, 0.25) is 0 Å². The van der Waals surface area contributed by atoms with E-state index in [1.54, 1.807) is 5.32 Å². The van der Waals surface area contributed by atoms with E-state index in [0.717, 1.165) is 0 Å². The molecular formula is C6H9F3N2O2. The van der Waals surface area contributed by atoms with E-state index in [1.807, 2.05) is 0 Å². The predicted octanol–water partition coefficient (Wildman–Crippen LogP) is 0.247. The fourth-order valence-electron chi connectivity index (χ4n) is 0.736. The number of halogens is 3. The predicted molar refractivity (Wildman–Crippen MR) is 37.2 cm³/mol. The van der Waals surface area contributed by atoms with Gasteiger partial charge in [0, 0.05) is 0 Å². The van der Waals surface area contributed by atoms with Crippen LogP contribution in [0.4, 0.5) is 18.0 Å². The highest BCUT2D eigenvalue weighted by molar-refractivity contribution is 5.74. The Labute approximate surface area is 72.4 Å². The van der Waals surface area contributed by atoms with Gasteiger partial charge in [0.05, 0.1) is 19.3 Å². The zero-order valence-corrected chi connectivity index (χ0v) is 6.65. The lowest BCUT2D eigenvalue weighted by Crippen LogP contribution is -2.53. The Balaban J connectivity index is 2.10.